The minimum Gasteiger partial charge on any atom is -0.480 e. The van der Waals surface area contributed by atoms with E-state index in [2.05, 4.69) is 9.97 Å². The molecule has 7 rings (SSSR count). The molecule has 234 valence electrons. The van der Waals surface area contributed by atoms with Gasteiger partial charge in [-0.1, -0.05) is 42.5 Å². The molecule has 0 radical (unpaired) electrons. The van der Waals surface area contributed by atoms with Crippen LogP contribution in [-0.2, 0) is 20.9 Å². The summed E-state index contributed by atoms with van der Waals surface area (Å²) >= 11 is 0. The number of ether oxygens (including phenoxy) is 1. The number of fused-ring (bicyclic) bond motifs is 2. The van der Waals surface area contributed by atoms with Gasteiger partial charge in [0.05, 0.1) is 0 Å². The standard InChI is InChI=1S/C21H22N2O3.C14H16N2O3/c1-15-10-11-19-17(13-15)22-21(26-19)23-12-6-5-9-18(23)20(24)25-14-16-7-3-2-4-8-16;1-9-5-6-12-10(8-9)15-14(19-12)16-7-3-2-4-11(16)13(17)18/h2-4,7-8,10-11,13,18H,5-6,9,12,14H2,1H3;5-6,8,11H,2-4,7H2,1H3,(H,17,18)/t18-;11-/m00/s1. The summed E-state index contributed by atoms with van der Waals surface area (Å²) in [5.41, 5.74) is 6.28. The summed E-state index contributed by atoms with van der Waals surface area (Å²) in [7, 11) is 0. The Labute approximate surface area is 261 Å². The van der Waals surface area contributed by atoms with Gasteiger partial charge in [-0.25, -0.2) is 9.59 Å². The van der Waals surface area contributed by atoms with Gasteiger partial charge in [0, 0.05) is 13.1 Å². The van der Waals surface area contributed by atoms with E-state index in [9.17, 15) is 14.7 Å². The van der Waals surface area contributed by atoms with Gasteiger partial charge in [0.15, 0.2) is 11.2 Å². The van der Waals surface area contributed by atoms with Crippen molar-refractivity contribution in [2.75, 3.05) is 22.9 Å². The zero-order valence-corrected chi connectivity index (χ0v) is 25.6. The number of aromatic nitrogens is 2. The summed E-state index contributed by atoms with van der Waals surface area (Å²) in [6.45, 7) is 5.74. The molecule has 5 aromatic rings. The van der Waals surface area contributed by atoms with Crippen molar-refractivity contribution >= 4 is 46.2 Å². The lowest BCUT2D eigenvalue weighted by molar-refractivity contribution is -0.147. The maximum absolute atomic E-state index is 12.7. The van der Waals surface area contributed by atoms with Crippen LogP contribution in [0.2, 0.25) is 0 Å². The van der Waals surface area contributed by atoms with Crippen LogP contribution in [0, 0.1) is 13.8 Å². The third-order valence-electron chi connectivity index (χ3n) is 8.34. The zero-order chi connectivity index (χ0) is 31.3. The van der Waals surface area contributed by atoms with Crippen LogP contribution in [0.1, 0.15) is 55.2 Å². The Morgan fingerprint density at radius 2 is 1.31 bits per heavy atom. The minimum absolute atomic E-state index is 0.216. The topological polar surface area (TPSA) is 122 Å². The fraction of sp³-hybridized carbons (Fsp3) is 0.371. The van der Waals surface area contributed by atoms with Crippen LogP contribution >= 0.6 is 0 Å². The fourth-order valence-corrected chi connectivity index (χ4v) is 5.94. The molecule has 10 heteroatoms. The largest absolute Gasteiger partial charge is 0.480 e. The lowest BCUT2D eigenvalue weighted by Crippen LogP contribution is -2.45. The van der Waals surface area contributed by atoms with E-state index in [0.29, 0.717) is 30.6 Å². The maximum Gasteiger partial charge on any atom is 0.329 e. The molecular weight excluding hydrogens is 572 g/mol. The van der Waals surface area contributed by atoms with Gasteiger partial charge >= 0.3 is 11.9 Å². The normalized spacial score (nSPS) is 18.4. The molecular formula is C35H38N4O6. The zero-order valence-electron chi connectivity index (χ0n) is 25.6. The number of nitrogens with zero attached hydrogens (tertiary/aromatic N) is 4. The van der Waals surface area contributed by atoms with Gasteiger partial charge in [-0.2, -0.15) is 9.97 Å². The first-order chi connectivity index (χ1) is 21.9. The van der Waals surface area contributed by atoms with Gasteiger partial charge in [-0.15, -0.1) is 0 Å². The molecule has 0 amide bonds. The van der Waals surface area contributed by atoms with Gasteiger partial charge in [-0.05, 0) is 93.3 Å². The Morgan fingerprint density at radius 3 is 1.87 bits per heavy atom. The third kappa shape index (κ3) is 6.95. The maximum atomic E-state index is 12.7. The number of hydrogen-bond acceptors (Lipinski definition) is 9. The highest BCUT2D eigenvalue weighted by Gasteiger charge is 2.33. The van der Waals surface area contributed by atoms with Crippen LogP contribution in [0.25, 0.3) is 22.2 Å². The number of piperidine rings is 2. The summed E-state index contributed by atoms with van der Waals surface area (Å²) in [4.78, 5) is 36.7. The molecule has 2 aromatic heterocycles. The first kappa shape index (κ1) is 30.2. The number of carbonyl (C=O) groups excluding carboxylic acids is 1. The second-order valence-electron chi connectivity index (χ2n) is 11.8. The van der Waals surface area contributed by atoms with Gasteiger partial charge < -0.3 is 28.5 Å². The highest BCUT2D eigenvalue weighted by molar-refractivity contribution is 5.81. The number of aryl methyl sites for hydroxylation is 2. The highest BCUT2D eigenvalue weighted by atomic mass is 16.5. The van der Waals surface area contributed by atoms with E-state index in [0.717, 1.165) is 72.0 Å². The molecule has 0 bridgehead atoms. The molecule has 2 atom stereocenters. The second-order valence-corrected chi connectivity index (χ2v) is 11.8. The molecule has 2 aliphatic heterocycles. The van der Waals surface area contributed by atoms with Crippen molar-refractivity contribution < 1.29 is 28.3 Å². The Balaban J connectivity index is 0.000000167. The molecule has 0 aliphatic carbocycles. The van der Waals surface area contributed by atoms with E-state index < -0.39 is 12.0 Å². The van der Waals surface area contributed by atoms with Crippen molar-refractivity contribution in [2.24, 2.45) is 0 Å². The van der Waals surface area contributed by atoms with Crippen LogP contribution in [-0.4, -0.2) is 52.2 Å². The van der Waals surface area contributed by atoms with Gasteiger partial charge in [0.25, 0.3) is 12.0 Å². The Morgan fingerprint density at radius 1 is 0.778 bits per heavy atom. The van der Waals surface area contributed by atoms with Crippen LogP contribution < -0.4 is 9.80 Å². The molecule has 4 heterocycles. The average Bonchev–Trinajstić information content (AvgIpc) is 3.68. The first-order valence-electron chi connectivity index (χ1n) is 15.6. The number of esters is 1. The molecule has 3 aromatic carbocycles. The SMILES string of the molecule is Cc1ccc2oc(N3CCCC[C@H]3C(=O)O)nc2c1.Cc1ccc2oc(N3CCCC[C@H]3C(=O)OCc3ccccc3)nc2c1. The predicted octanol–water partition coefficient (Wildman–Crippen LogP) is 6.82. The number of carbonyl (C=O) groups is 2. The lowest BCUT2D eigenvalue weighted by atomic mass is 10.0. The molecule has 45 heavy (non-hydrogen) atoms. The van der Waals surface area contributed by atoms with Crippen molar-refractivity contribution in [3.8, 4) is 0 Å². The number of anilines is 2. The van der Waals surface area contributed by atoms with Crippen molar-refractivity contribution in [3.05, 3.63) is 83.4 Å². The number of oxazole rings is 2. The van der Waals surface area contributed by atoms with Crippen molar-refractivity contribution in [3.63, 3.8) is 0 Å². The quantitative estimate of drug-likeness (QED) is 0.205. The monoisotopic (exact) mass is 610 g/mol. The average molecular weight is 611 g/mol. The molecule has 0 unspecified atom stereocenters. The van der Waals surface area contributed by atoms with E-state index in [4.69, 9.17) is 13.6 Å². The van der Waals surface area contributed by atoms with E-state index in [1.54, 1.807) is 4.90 Å². The molecule has 1 N–H and O–H groups in total. The summed E-state index contributed by atoms with van der Waals surface area (Å²) in [5.74, 6) is -1.02. The Hall–Kier alpha value is -4.86. The van der Waals surface area contributed by atoms with E-state index in [1.807, 2.05) is 85.5 Å². The number of aliphatic carboxylic acids is 1. The molecule has 2 saturated heterocycles. The van der Waals surface area contributed by atoms with Gasteiger partial charge in [0.1, 0.15) is 29.7 Å². The lowest BCUT2D eigenvalue weighted by Gasteiger charge is -2.32. The number of hydrogen-bond donors (Lipinski definition) is 1. The fourth-order valence-electron chi connectivity index (χ4n) is 5.94. The highest BCUT2D eigenvalue weighted by Crippen LogP contribution is 2.30. The van der Waals surface area contributed by atoms with Gasteiger partial charge in [-0.3, -0.25) is 0 Å². The van der Waals surface area contributed by atoms with Crippen LogP contribution in [0.5, 0.6) is 0 Å². The van der Waals surface area contributed by atoms with Crippen LogP contribution in [0.15, 0.2) is 75.6 Å². The first-order valence-corrected chi connectivity index (χ1v) is 15.6. The van der Waals surface area contributed by atoms with Crippen LogP contribution in [0.3, 0.4) is 0 Å². The second kappa shape index (κ2) is 13.4. The number of carboxylic acids is 1. The molecule has 0 spiro atoms. The Kier molecular flexibility index (Phi) is 9.00. The third-order valence-corrected chi connectivity index (χ3v) is 8.34. The Bertz CT molecular complexity index is 1780. The number of carboxylic acid groups (broad SMARTS) is 1. The minimum atomic E-state index is -0.807. The van der Waals surface area contributed by atoms with Crippen LogP contribution in [0.4, 0.5) is 12.0 Å². The van der Waals surface area contributed by atoms with Gasteiger partial charge in [0.2, 0.25) is 0 Å². The van der Waals surface area contributed by atoms with E-state index >= 15 is 0 Å². The van der Waals surface area contributed by atoms with Crippen molar-refractivity contribution in [2.45, 2.75) is 71.1 Å². The predicted molar refractivity (Wildman–Crippen MR) is 171 cm³/mol. The van der Waals surface area contributed by atoms with Crippen molar-refractivity contribution in [1.82, 2.24) is 9.97 Å². The van der Waals surface area contributed by atoms with E-state index in [-0.39, 0.29) is 18.6 Å². The summed E-state index contributed by atoms with van der Waals surface area (Å²) < 4.78 is 17.2. The summed E-state index contributed by atoms with van der Waals surface area (Å²) in [6, 6.07) is 21.5. The summed E-state index contributed by atoms with van der Waals surface area (Å²) in [5, 5.41) is 9.28. The summed E-state index contributed by atoms with van der Waals surface area (Å²) in [6.07, 6.45) is 5.33. The molecule has 10 nitrogen and oxygen atoms in total. The van der Waals surface area contributed by atoms with E-state index in [1.165, 1.54) is 0 Å². The molecule has 2 fully saturated rings. The molecule has 0 saturated carbocycles. The smallest absolute Gasteiger partial charge is 0.329 e. The van der Waals surface area contributed by atoms with Crippen molar-refractivity contribution in [1.29, 1.82) is 0 Å². The number of benzene rings is 3. The molecule has 2 aliphatic rings. The number of rotatable bonds is 6.